The second-order valence-corrected chi connectivity index (χ2v) is 6.58. The molecule has 0 aliphatic rings. The summed E-state index contributed by atoms with van der Waals surface area (Å²) in [5.41, 5.74) is 2.64. The molecule has 1 aromatic heterocycles. The van der Waals surface area contributed by atoms with Gasteiger partial charge in [0, 0.05) is 6.54 Å². The van der Waals surface area contributed by atoms with Crippen LogP contribution in [0.4, 0.5) is 4.39 Å². The summed E-state index contributed by atoms with van der Waals surface area (Å²) in [6.07, 6.45) is -0.0710. The summed E-state index contributed by atoms with van der Waals surface area (Å²) in [6.45, 7) is 1.14. The Bertz CT molecular complexity index is 1050. The van der Waals surface area contributed by atoms with Crippen molar-refractivity contribution in [2.45, 2.75) is 19.1 Å². The predicted octanol–water partition coefficient (Wildman–Crippen LogP) is 4.73. The van der Waals surface area contributed by atoms with Crippen LogP contribution in [0.2, 0.25) is 0 Å². The largest absolute Gasteiger partial charge is 0.494 e. The molecule has 1 heterocycles. The van der Waals surface area contributed by atoms with Crippen molar-refractivity contribution in [1.82, 2.24) is 9.55 Å². The van der Waals surface area contributed by atoms with E-state index in [2.05, 4.69) is 4.98 Å². The van der Waals surface area contributed by atoms with Crippen LogP contribution in [-0.4, -0.2) is 21.3 Å². The third-order valence-electron chi connectivity index (χ3n) is 4.65. The van der Waals surface area contributed by atoms with E-state index in [0.29, 0.717) is 24.7 Å². The number of ether oxygens (including phenoxy) is 1. The molecule has 0 aliphatic carbocycles. The van der Waals surface area contributed by atoms with Crippen LogP contribution in [0.3, 0.4) is 0 Å². The molecular weight excluding hydrogens is 355 g/mol. The van der Waals surface area contributed by atoms with Crippen molar-refractivity contribution in [3.8, 4) is 5.75 Å². The van der Waals surface area contributed by atoms with Gasteiger partial charge < -0.3 is 14.4 Å². The molecule has 1 atom stereocenters. The SMILES string of the molecule is OC(c1ccccc1)c1nc2ccccc2n1CCCOc1ccc(F)cc1. The highest BCUT2D eigenvalue weighted by molar-refractivity contribution is 5.76. The van der Waals surface area contributed by atoms with Gasteiger partial charge in [0.15, 0.2) is 0 Å². The Morgan fingerprint density at radius 2 is 1.64 bits per heavy atom. The van der Waals surface area contributed by atoms with Crippen molar-refractivity contribution in [2.24, 2.45) is 0 Å². The van der Waals surface area contributed by atoms with Crippen LogP contribution in [-0.2, 0) is 6.54 Å². The zero-order chi connectivity index (χ0) is 19.3. The van der Waals surface area contributed by atoms with E-state index in [1.165, 1.54) is 12.1 Å². The number of imidazole rings is 1. The minimum Gasteiger partial charge on any atom is -0.494 e. The van der Waals surface area contributed by atoms with E-state index in [-0.39, 0.29) is 5.82 Å². The Labute approximate surface area is 162 Å². The molecule has 142 valence electrons. The number of fused-ring (bicyclic) bond motifs is 1. The molecule has 0 radical (unpaired) electrons. The quantitative estimate of drug-likeness (QED) is 0.475. The number of para-hydroxylation sites is 2. The van der Waals surface area contributed by atoms with Gasteiger partial charge in [0.05, 0.1) is 17.6 Å². The fourth-order valence-electron chi connectivity index (χ4n) is 3.27. The Hall–Kier alpha value is -3.18. The van der Waals surface area contributed by atoms with E-state index in [4.69, 9.17) is 4.74 Å². The van der Waals surface area contributed by atoms with Gasteiger partial charge in [0.25, 0.3) is 0 Å². The topological polar surface area (TPSA) is 47.3 Å². The van der Waals surface area contributed by atoms with Crippen molar-refractivity contribution in [3.05, 3.63) is 96.1 Å². The first-order valence-electron chi connectivity index (χ1n) is 9.29. The molecule has 0 amide bonds. The van der Waals surface area contributed by atoms with Crippen LogP contribution in [0, 0.1) is 5.82 Å². The Kier molecular flexibility index (Phi) is 5.35. The highest BCUT2D eigenvalue weighted by Crippen LogP contribution is 2.26. The number of nitrogens with zero attached hydrogens (tertiary/aromatic N) is 2. The number of aliphatic hydroxyl groups excluding tert-OH is 1. The van der Waals surface area contributed by atoms with Gasteiger partial charge in [-0.15, -0.1) is 0 Å². The van der Waals surface area contributed by atoms with Crippen molar-refractivity contribution in [3.63, 3.8) is 0 Å². The lowest BCUT2D eigenvalue weighted by molar-refractivity contribution is 0.203. The van der Waals surface area contributed by atoms with Gasteiger partial charge in [-0.1, -0.05) is 42.5 Å². The zero-order valence-electron chi connectivity index (χ0n) is 15.3. The van der Waals surface area contributed by atoms with Crippen molar-refractivity contribution in [1.29, 1.82) is 0 Å². The van der Waals surface area contributed by atoms with Gasteiger partial charge in [-0.3, -0.25) is 0 Å². The van der Waals surface area contributed by atoms with Crippen LogP contribution >= 0.6 is 0 Å². The maximum absolute atomic E-state index is 13.0. The predicted molar refractivity (Wildman–Crippen MR) is 107 cm³/mol. The van der Waals surface area contributed by atoms with E-state index in [1.54, 1.807) is 12.1 Å². The van der Waals surface area contributed by atoms with Crippen LogP contribution in [0.1, 0.15) is 23.9 Å². The van der Waals surface area contributed by atoms with Gasteiger partial charge in [0.2, 0.25) is 0 Å². The number of aromatic nitrogens is 2. The van der Waals surface area contributed by atoms with Gasteiger partial charge in [-0.2, -0.15) is 0 Å². The van der Waals surface area contributed by atoms with Crippen LogP contribution in [0.5, 0.6) is 5.75 Å². The third kappa shape index (κ3) is 3.89. The standard InChI is InChI=1S/C23H21FN2O2/c24-18-11-13-19(14-12-18)28-16-6-15-26-21-10-5-4-9-20(21)25-23(26)22(27)17-7-2-1-3-8-17/h1-5,7-14,22,27H,6,15-16H2. The van der Waals surface area contributed by atoms with E-state index in [1.807, 2.05) is 59.2 Å². The Morgan fingerprint density at radius 1 is 0.929 bits per heavy atom. The summed E-state index contributed by atoms with van der Waals surface area (Å²) in [5, 5.41) is 10.9. The first-order chi connectivity index (χ1) is 13.7. The van der Waals surface area contributed by atoms with Crippen LogP contribution < -0.4 is 4.74 Å². The smallest absolute Gasteiger partial charge is 0.143 e. The normalized spacial score (nSPS) is 12.2. The molecule has 0 aliphatic heterocycles. The van der Waals surface area contributed by atoms with E-state index in [0.717, 1.165) is 23.0 Å². The zero-order valence-corrected chi connectivity index (χ0v) is 15.3. The highest BCUT2D eigenvalue weighted by atomic mass is 19.1. The van der Waals surface area contributed by atoms with Crippen molar-refractivity contribution >= 4 is 11.0 Å². The molecule has 0 spiro atoms. The summed E-state index contributed by atoms with van der Waals surface area (Å²) < 4.78 is 20.7. The number of aliphatic hydroxyl groups is 1. The number of halogens is 1. The summed E-state index contributed by atoms with van der Waals surface area (Å²) in [7, 11) is 0. The summed E-state index contributed by atoms with van der Waals surface area (Å²) >= 11 is 0. The molecule has 0 fully saturated rings. The number of hydrogen-bond donors (Lipinski definition) is 1. The molecule has 1 N–H and O–H groups in total. The Morgan fingerprint density at radius 3 is 2.43 bits per heavy atom. The molecule has 0 saturated heterocycles. The van der Waals surface area contributed by atoms with Gasteiger partial charge >= 0.3 is 0 Å². The van der Waals surface area contributed by atoms with Gasteiger partial charge in [0.1, 0.15) is 23.5 Å². The second kappa shape index (κ2) is 8.23. The lowest BCUT2D eigenvalue weighted by Gasteiger charge is -2.15. The first kappa shape index (κ1) is 18.2. The molecule has 4 nitrogen and oxygen atoms in total. The molecule has 5 heteroatoms. The molecule has 1 unspecified atom stereocenters. The average molecular weight is 376 g/mol. The molecular formula is C23H21FN2O2. The molecule has 4 aromatic rings. The Balaban J connectivity index is 1.52. The molecule has 0 saturated carbocycles. The van der Waals surface area contributed by atoms with Crippen molar-refractivity contribution < 1.29 is 14.2 Å². The lowest BCUT2D eigenvalue weighted by atomic mass is 10.1. The monoisotopic (exact) mass is 376 g/mol. The van der Waals surface area contributed by atoms with Crippen LogP contribution in [0.15, 0.2) is 78.9 Å². The number of benzene rings is 3. The van der Waals surface area contributed by atoms with E-state index in [9.17, 15) is 9.50 Å². The van der Waals surface area contributed by atoms with Crippen LogP contribution in [0.25, 0.3) is 11.0 Å². The highest BCUT2D eigenvalue weighted by Gasteiger charge is 2.19. The molecule has 0 bridgehead atoms. The number of hydrogen-bond acceptors (Lipinski definition) is 3. The molecule has 3 aromatic carbocycles. The van der Waals surface area contributed by atoms with Gasteiger partial charge in [-0.25, -0.2) is 9.37 Å². The van der Waals surface area contributed by atoms with E-state index >= 15 is 0 Å². The second-order valence-electron chi connectivity index (χ2n) is 6.58. The number of rotatable bonds is 7. The first-order valence-corrected chi connectivity index (χ1v) is 9.29. The van der Waals surface area contributed by atoms with E-state index < -0.39 is 6.10 Å². The molecule has 4 rings (SSSR count). The average Bonchev–Trinajstić information content (AvgIpc) is 3.11. The fourth-order valence-corrected chi connectivity index (χ4v) is 3.27. The minimum absolute atomic E-state index is 0.281. The third-order valence-corrected chi connectivity index (χ3v) is 4.65. The number of aryl methyl sites for hydroxylation is 1. The summed E-state index contributed by atoms with van der Waals surface area (Å²) in [4.78, 5) is 4.67. The lowest BCUT2D eigenvalue weighted by Crippen LogP contribution is -2.12. The van der Waals surface area contributed by atoms with Crippen molar-refractivity contribution in [2.75, 3.05) is 6.61 Å². The maximum atomic E-state index is 13.0. The maximum Gasteiger partial charge on any atom is 0.143 e. The summed E-state index contributed by atoms with van der Waals surface area (Å²) in [6, 6.07) is 23.4. The summed E-state index contributed by atoms with van der Waals surface area (Å²) in [5.74, 6) is 0.979. The minimum atomic E-state index is -0.799. The molecule has 28 heavy (non-hydrogen) atoms. The van der Waals surface area contributed by atoms with Gasteiger partial charge in [-0.05, 0) is 48.4 Å². The fraction of sp³-hybridized carbons (Fsp3) is 0.174.